The number of ether oxygens (including phenoxy) is 1. The van der Waals surface area contributed by atoms with E-state index in [0.717, 1.165) is 24.2 Å². The fourth-order valence-corrected chi connectivity index (χ4v) is 3.38. The first-order valence-corrected chi connectivity index (χ1v) is 9.38. The topological polar surface area (TPSA) is 89.3 Å². The summed E-state index contributed by atoms with van der Waals surface area (Å²) < 4.78 is 11.2. The Morgan fingerprint density at radius 2 is 2.04 bits per heavy atom. The van der Waals surface area contributed by atoms with Crippen molar-refractivity contribution in [1.82, 2.24) is 15.3 Å². The summed E-state index contributed by atoms with van der Waals surface area (Å²) in [6.07, 6.45) is 3.60. The number of amides is 1. The van der Waals surface area contributed by atoms with Gasteiger partial charge in [-0.1, -0.05) is 18.2 Å². The van der Waals surface area contributed by atoms with Gasteiger partial charge in [-0.05, 0) is 39.7 Å². The van der Waals surface area contributed by atoms with Crippen LogP contribution in [0.15, 0.2) is 35.0 Å². The molecule has 2 N–H and O–H groups in total. The number of fused-ring (bicyclic) bond motifs is 1. The lowest BCUT2D eigenvalue weighted by atomic mass is 10.1. The van der Waals surface area contributed by atoms with Gasteiger partial charge < -0.3 is 19.8 Å². The Morgan fingerprint density at radius 3 is 2.75 bits per heavy atom. The predicted molar refractivity (Wildman–Crippen MR) is 107 cm³/mol. The number of benzene rings is 1. The van der Waals surface area contributed by atoms with E-state index in [1.807, 2.05) is 31.2 Å². The molecule has 1 saturated carbocycles. The van der Waals surface area contributed by atoms with Gasteiger partial charge in [0, 0.05) is 11.1 Å². The molecular weight excluding hydrogens is 356 g/mol. The Bertz CT molecular complexity index is 1040. The van der Waals surface area contributed by atoms with Crippen LogP contribution >= 0.6 is 0 Å². The second-order valence-electron chi connectivity index (χ2n) is 7.56. The van der Waals surface area contributed by atoms with Gasteiger partial charge in [-0.25, -0.2) is 9.97 Å². The van der Waals surface area contributed by atoms with E-state index in [9.17, 15) is 4.79 Å². The molecule has 2 heterocycles. The van der Waals surface area contributed by atoms with Gasteiger partial charge in [-0.15, -0.1) is 0 Å². The molecule has 0 bridgehead atoms. The maximum Gasteiger partial charge on any atom is 0.256 e. The van der Waals surface area contributed by atoms with Crippen molar-refractivity contribution in [2.45, 2.75) is 45.2 Å². The normalized spacial score (nSPS) is 15.9. The molecule has 0 saturated heterocycles. The van der Waals surface area contributed by atoms with Crippen LogP contribution in [0.3, 0.4) is 0 Å². The van der Waals surface area contributed by atoms with Crippen molar-refractivity contribution in [1.29, 1.82) is 0 Å². The number of nitrogens with one attached hydrogen (secondary N) is 2. The lowest BCUT2D eigenvalue weighted by Gasteiger charge is -2.17. The van der Waals surface area contributed by atoms with Gasteiger partial charge in [0.25, 0.3) is 5.91 Å². The molecule has 2 aromatic heterocycles. The second-order valence-corrected chi connectivity index (χ2v) is 7.56. The number of para-hydroxylation sites is 1. The van der Waals surface area contributed by atoms with Crippen LogP contribution in [-0.2, 0) is 0 Å². The summed E-state index contributed by atoms with van der Waals surface area (Å²) in [7, 11) is 1.62. The Balaban J connectivity index is 1.68. The number of rotatable bonds is 6. The van der Waals surface area contributed by atoms with Crippen LogP contribution in [0.5, 0.6) is 5.75 Å². The number of aryl methyl sites for hydroxylation is 1. The second kappa shape index (κ2) is 6.82. The first-order chi connectivity index (χ1) is 13.4. The molecule has 1 fully saturated rings. The first kappa shape index (κ1) is 18.3. The van der Waals surface area contributed by atoms with Crippen molar-refractivity contribution in [3.8, 4) is 5.75 Å². The van der Waals surface area contributed by atoms with Crippen LogP contribution in [-0.4, -0.2) is 28.5 Å². The highest BCUT2D eigenvalue weighted by Gasteiger charge is 2.38. The first-order valence-electron chi connectivity index (χ1n) is 9.38. The fraction of sp³-hybridized carbons (Fsp3) is 0.381. The molecule has 1 aliphatic rings. The largest absolute Gasteiger partial charge is 0.496 e. The number of aromatic nitrogens is 2. The minimum absolute atomic E-state index is 0.0188. The molecule has 146 valence electrons. The highest BCUT2D eigenvalue weighted by atomic mass is 16.5. The highest BCUT2D eigenvalue weighted by molar-refractivity contribution is 6.10. The Hall–Kier alpha value is -3.09. The number of carbonyl (C=O) groups excluding carboxylic acids is 1. The zero-order valence-electron chi connectivity index (χ0n) is 16.5. The van der Waals surface area contributed by atoms with E-state index in [4.69, 9.17) is 9.15 Å². The van der Waals surface area contributed by atoms with E-state index < -0.39 is 0 Å². The van der Waals surface area contributed by atoms with Gasteiger partial charge >= 0.3 is 0 Å². The van der Waals surface area contributed by atoms with Crippen molar-refractivity contribution in [2.75, 3.05) is 12.4 Å². The van der Waals surface area contributed by atoms with E-state index in [1.54, 1.807) is 14.0 Å². The SMILES string of the molecule is COc1ccccc1[C@H](C)NC(=O)c1c(C)oc2ncnc(NC3(C)CC3)c12. The van der Waals surface area contributed by atoms with Crippen LogP contribution in [0.2, 0.25) is 0 Å². The van der Waals surface area contributed by atoms with Gasteiger partial charge in [0.1, 0.15) is 23.7 Å². The molecule has 7 heteroatoms. The Kier molecular flexibility index (Phi) is 4.45. The molecule has 1 aliphatic carbocycles. The summed E-state index contributed by atoms with van der Waals surface area (Å²) in [5.41, 5.74) is 1.80. The number of furan rings is 1. The lowest BCUT2D eigenvalue weighted by molar-refractivity contribution is 0.0939. The number of anilines is 1. The molecule has 0 radical (unpaired) electrons. The summed E-state index contributed by atoms with van der Waals surface area (Å²) in [4.78, 5) is 21.7. The number of hydrogen-bond donors (Lipinski definition) is 2. The summed E-state index contributed by atoms with van der Waals surface area (Å²) >= 11 is 0. The summed E-state index contributed by atoms with van der Waals surface area (Å²) in [6, 6.07) is 7.40. The third-order valence-corrected chi connectivity index (χ3v) is 5.26. The summed E-state index contributed by atoms with van der Waals surface area (Å²) in [5, 5.41) is 7.11. The lowest BCUT2D eigenvalue weighted by Crippen LogP contribution is -2.27. The van der Waals surface area contributed by atoms with Crippen molar-refractivity contribution in [3.05, 3.63) is 47.5 Å². The molecule has 7 nitrogen and oxygen atoms in total. The van der Waals surface area contributed by atoms with Crippen LogP contribution in [0, 0.1) is 6.92 Å². The smallest absolute Gasteiger partial charge is 0.256 e. The van der Waals surface area contributed by atoms with Gasteiger partial charge in [0.2, 0.25) is 5.71 Å². The van der Waals surface area contributed by atoms with Gasteiger partial charge in [-0.3, -0.25) is 4.79 Å². The summed E-state index contributed by atoms with van der Waals surface area (Å²) in [5.74, 6) is 1.66. The molecule has 0 spiro atoms. The Morgan fingerprint density at radius 1 is 1.29 bits per heavy atom. The zero-order chi connectivity index (χ0) is 19.9. The maximum atomic E-state index is 13.2. The third-order valence-electron chi connectivity index (χ3n) is 5.26. The maximum absolute atomic E-state index is 13.2. The molecule has 0 aliphatic heterocycles. The number of methoxy groups -OCH3 is 1. The quantitative estimate of drug-likeness (QED) is 0.672. The van der Waals surface area contributed by atoms with Crippen molar-refractivity contribution in [3.63, 3.8) is 0 Å². The van der Waals surface area contributed by atoms with E-state index >= 15 is 0 Å². The highest BCUT2D eigenvalue weighted by Crippen LogP contribution is 2.40. The van der Waals surface area contributed by atoms with Crippen molar-refractivity contribution >= 4 is 22.8 Å². The van der Waals surface area contributed by atoms with Crippen molar-refractivity contribution in [2.24, 2.45) is 0 Å². The minimum atomic E-state index is -0.241. The van der Waals surface area contributed by atoms with Gasteiger partial charge in [-0.2, -0.15) is 0 Å². The van der Waals surface area contributed by atoms with E-state index in [1.165, 1.54) is 6.33 Å². The van der Waals surface area contributed by atoms with Gasteiger partial charge in [0.15, 0.2) is 0 Å². The molecule has 1 amide bonds. The number of carbonyl (C=O) groups is 1. The monoisotopic (exact) mass is 380 g/mol. The van der Waals surface area contributed by atoms with Crippen molar-refractivity contribution < 1.29 is 13.9 Å². The van der Waals surface area contributed by atoms with E-state index in [-0.39, 0.29) is 17.5 Å². The molecular formula is C21H24N4O3. The van der Waals surface area contributed by atoms with Crippen LogP contribution in [0.25, 0.3) is 11.1 Å². The summed E-state index contributed by atoms with van der Waals surface area (Å²) in [6.45, 7) is 5.83. The third kappa shape index (κ3) is 3.28. The molecule has 4 rings (SSSR count). The Labute approximate surface area is 163 Å². The molecule has 1 atom stereocenters. The molecule has 28 heavy (non-hydrogen) atoms. The molecule has 3 aromatic rings. The van der Waals surface area contributed by atoms with Crippen LogP contribution in [0.1, 0.15) is 54.4 Å². The van der Waals surface area contributed by atoms with E-state index in [0.29, 0.717) is 28.2 Å². The average Bonchev–Trinajstić information content (AvgIpc) is 3.29. The minimum Gasteiger partial charge on any atom is -0.496 e. The van der Waals surface area contributed by atoms with Crippen LogP contribution in [0.4, 0.5) is 5.82 Å². The zero-order valence-corrected chi connectivity index (χ0v) is 16.5. The standard InChI is InChI=1S/C21H24N4O3/c1-12(14-7-5-6-8-15(14)27-4)24-19(26)16-13(2)28-20-17(16)18(22-11-23-20)25-21(3)9-10-21/h5-8,11-12H,9-10H2,1-4H3,(H,24,26)(H,22,23,25)/t12-/m0/s1. The number of nitrogens with zero attached hydrogens (tertiary/aromatic N) is 2. The average molecular weight is 380 g/mol. The number of hydrogen-bond acceptors (Lipinski definition) is 6. The van der Waals surface area contributed by atoms with Gasteiger partial charge in [0.05, 0.1) is 24.1 Å². The molecule has 0 unspecified atom stereocenters. The van der Waals surface area contributed by atoms with Crippen LogP contribution < -0.4 is 15.4 Å². The molecule has 1 aromatic carbocycles. The predicted octanol–water partition coefficient (Wildman–Crippen LogP) is 4.00. The fourth-order valence-electron chi connectivity index (χ4n) is 3.38. The van der Waals surface area contributed by atoms with E-state index in [2.05, 4.69) is 27.5 Å².